The lowest BCUT2D eigenvalue weighted by molar-refractivity contribution is -0.111. The number of ether oxygens (including phenoxy) is 2. The van der Waals surface area contributed by atoms with Crippen LogP contribution in [0.5, 0.6) is 11.5 Å². The van der Waals surface area contributed by atoms with E-state index >= 15 is 0 Å². The van der Waals surface area contributed by atoms with Crippen LogP contribution in [0, 0.1) is 0 Å². The number of halogens is 1. The van der Waals surface area contributed by atoms with Crippen molar-refractivity contribution < 1.29 is 14.3 Å². The van der Waals surface area contributed by atoms with E-state index in [9.17, 15) is 4.79 Å². The number of anilines is 4. The largest absolute Gasteiger partial charge is 0.497 e. The lowest BCUT2D eigenvalue weighted by Gasteiger charge is -2.35. The third kappa shape index (κ3) is 7.21. The smallest absolute Gasteiger partial charge is 0.247 e. The first kappa shape index (κ1) is 34.7. The second-order valence-corrected chi connectivity index (χ2v) is 12.9. The third-order valence-electron chi connectivity index (χ3n) is 9.39. The average Bonchev–Trinajstić information content (AvgIpc) is 3.62. The van der Waals surface area contributed by atoms with Crippen LogP contribution in [-0.4, -0.2) is 82.3 Å². The predicted octanol–water partition coefficient (Wildman–Crippen LogP) is 6.81. The van der Waals surface area contributed by atoms with Crippen LogP contribution in [0.4, 0.5) is 23.0 Å². The Kier molecular flexibility index (Phi) is 10.2. The predicted molar refractivity (Wildman–Crippen MR) is 206 cm³/mol. The van der Waals surface area contributed by atoms with Crippen LogP contribution in [0.1, 0.15) is 18.3 Å². The van der Waals surface area contributed by atoms with Gasteiger partial charge in [-0.3, -0.25) is 9.20 Å². The molecule has 52 heavy (non-hydrogen) atoms. The zero-order valence-corrected chi connectivity index (χ0v) is 30.2. The van der Waals surface area contributed by atoms with Crippen molar-refractivity contribution in [2.45, 2.75) is 19.8 Å². The maximum absolute atomic E-state index is 11.7. The van der Waals surface area contributed by atoms with Gasteiger partial charge in [-0.2, -0.15) is 4.98 Å². The number of hydrogen-bond donors (Lipinski definition) is 2. The molecule has 0 bridgehead atoms. The normalized spacial score (nSPS) is 13.3. The molecule has 3 aromatic carbocycles. The van der Waals surface area contributed by atoms with Gasteiger partial charge in [0, 0.05) is 78.4 Å². The van der Waals surface area contributed by atoms with Crippen LogP contribution < -0.4 is 25.0 Å². The van der Waals surface area contributed by atoms with Crippen LogP contribution in [0.25, 0.3) is 27.8 Å². The van der Waals surface area contributed by atoms with Crippen LogP contribution in [-0.2, 0) is 17.6 Å². The van der Waals surface area contributed by atoms with Crippen molar-refractivity contribution in [3.05, 3.63) is 102 Å². The Hall–Kier alpha value is -5.72. The van der Waals surface area contributed by atoms with E-state index in [2.05, 4.69) is 68.4 Å². The second-order valence-electron chi connectivity index (χ2n) is 12.5. The molecule has 1 aliphatic heterocycles. The number of piperazine rings is 1. The molecule has 7 rings (SSSR count). The van der Waals surface area contributed by atoms with Crippen molar-refractivity contribution in [3.8, 4) is 22.6 Å². The summed E-state index contributed by atoms with van der Waals surface area (Å²) in [5.41, 5.74) is 6.50. The number of benzene rings is 3. The van der Waals surface area contributed by atoms with E-state index in [0.717, 1.165) is 54.9 Å². The number of hydrogen-bond acceptors (Lipinski definition) is 10. The molecule has 2 N–H and O–H groups in total. The molecule has 266 valence electrons. The van der Waals surface area contributed by atoms with Crippen molar-refractivity contribution in [1.29, 1.82) is 0 Å². The molecular weight excluding hydrogens is 678 g/mol. The summed E-state index contributed by atoms with van der Waals surface area (Å²) in [6.07, 6.45) is 4.27. The van der Waals surface area contributed by atoms with Gasteiger partial charge in [0.1, 0.15) is 17.3 Å². The van der Waals surface area contributed by atoms with Crippen LogP contribution in [0.2, 0.25) is 5.02 Å². The van der Waals surface area contributed by atoms with Gasteiger partial charge >= 0.3 is 0 Å². The molecule has 0 aliphatic carbocycles. The van der Waals surface area contributed by atoms with Gasteiger partial charge in [0.2, 0.25) is 11.9 Å². The summed E-state index contributed by atoms with van der Waals surface area (Å²) in [7, 11) is 3.17. The maximum Gasteiger partial charge on any atom is 0.247 e. The van der Waals surface area contributed by atoms with Gasteiger partial charge in [-0.15, -0.1) is 10.2 Å². The molecule has 0 radical (unpaired) electrons. The highest BCUT2D eigenvalue weighted by atomic mass is 35.5. The number of rotatable bonds is 12. The average molecular weight is 718 g/mol. The third-order valence-corrected chi connectivity index (χ3v) is 9.78. The fourth-order valence-electron chi connectivity index (χ4n) is 6.46. The summed E-state index contributed by atoms with van der Waals surface area (Å²) in [5, 5.41) is 16.7. The molecule has 6 aromatic rings. The Balaban J connectivity index is 1.24. The minimum Gasteiger partial charge on any atom is -0.497 e. The molecule has 1 saturated heterocycles. The number of pyridine rings is 1. The van der Waals surface area contributed by atoms with Gasteiger partial charge in [0.15, 0.2) is 11.3 Å². The van der Waals surface area contributed by atoms with E-state index < -0.39 is 0 Å². The second kappa shape index (κ2) is 15.3. The maximum atomic E-state index is 11.7. The van der Waals surface area contributed by atoms with E-state index in [-0.39, 0.29) is 5.91 Å². The lowest BCUT2D eigenvalue weighted by Crippen LogP contribution is -2.46. The fourth-order valence-corrected chi connectivity index (χ4v) is 6.75. The topological polar surface area (TPSA) is 122 Å². The van der Waals surface area contributed by atoms with Gasteiger partial charge in [-0.05, 0) is 73.1 Å². The number of fused-ring (bicyclic) bond motifs is 3. The number of aryl methyl sites for hydroxylation is 2. The van der Waals surface area contributed by atoms with Crippen molar-refractivity contribution in [2.75, 3.05) is 62.5 Å². The fraction of sp³-hybridized carbons (Fsp3) is 0.256. The minimum absolute atomic E-state index is 0.256. The van der Waals surface area contributed by atoms with Crippen LogP contribution in [0.15, 0.2) is 85.6 Å². The zero-order chi connectivity index (χ0) is 36.2. The van der Waals surface area contributed by atoms with E-state index in [1.807, 2.05) is 40.8 Å². The quantitative estimate of drug-likeness (QED) is 0.131. The highest BCUT2D eigenvalue weighted by Crippen LogP contribution is 2.41. The van der Waals surface area contributed by atoms with Crippen molar-refractivity contribution >= 4 is 57.2 Å². The Labute approximate surface area is 307 Å². The van der Waals surface area contributed by atoms with Crippen molar-refractivity contribution in [2.24, 2.45) is 0 Å². The van der Waals surface area contributed by atoms with Gasteiger partial charge in [-0.25, -0.2) is 4.98 Å². The van der Waals surface area contributed by atoms with Crippen LogP contribution in [0.3, 0.4) is 0 Å². The van der Waals surface area contributed by atoms with Crippen LogP contribution >= 0.6 is 11.6 Å². The lowest BCUT2D eigenvalue weighted by atomic mass is 10.0. The highest BCUT2D eigenvalue weighted by molar-refractivity contribution is 6.35. The Morgan fingerprint density at radius 1 is 0.904 bits per heavy atom. The number of amides is 1. The Morgan fingerprint density at radius 3 is 2.35 bits per heavy atom. The Morgan fingerprint density at radius 2 is 1.65 bits per heavy atom. The van der Waals surface area contributed by atoms with E-state index in [4.69, 9.17) is 31.0 Å². The SMILES string of the molecule is C=CC(=O)Nc1ccc(CCc2nnc3c(-c4cc(OC)cc(OC)c4Cl)cc4cnc(Nc5ccc(N6CCN(CC)CC6)cc5)nc4n23)cc1. The van der Waals surface area contributed by atoms with Gasteiger partial charge in [0.25, 0.3) is 0 Å². The monoisotopic (exact) mass is 717 g/mol. The standard InChI is InChI=1S/C39H40ClN9O3/c1-5-35(50)42-27-10-7-25(8-11-27)9-16-34-45-46-38-32(31-22-30(51-3)23-33(52-4)36(31)40)21-26-24-41-39(44-37(26)49(34)38)43-28-12-14-29(15-13-28)48-19-17-47(6-2)18-20-48/h5,7-8,10-15,21-24H,1,6,9,16-20H2,2-4H3,(H,42,50)(H,41,43,44). The van der Waals surface area contributed by atoms with Gasteiger partial charge in [-0.1, -0.05) is 37.2 Å². The van der Waals surface area contributed by atoms with E-state index in [1.165, 1.54) is 11.8 Å². The number of likely N-dealkylation sites (N-methyl/N-ethyl adjacent to an activating group) is 1. The molecule has 12 nitrogen and oxygen atoms in total. The minimum atomic E-state index is -0.256. The molecule has 1 fully saturated rings. The first-order valence-corrected chi connectivity index (χ1v) is 17.6. The molecule has 3 aromatic heterocycles. The summed E-state index contributed by atoms with van der Waals surface area (Å²) < 4.78 is 13.1. The summed E-state index contributed by atoms with van der Waals surface area (Å²) in [6.45, 7) is 11.0. The molecule has 13 heteroatoms. The number of carbonyl (C=O) groups excluding carboxylic acids is 1. The molecule has 0 saturated carbocycles. The molecule has 4 heterocycles. The van der Waals surface area contributed by atoms with E-state index in [1.54, 1.807) is 26.5 Å². The molecule has 0 atom stereocenters. The number of methoxy groups -OCH3 is 2. The molecule has 1 amide bonds. The first-order valence-electron chi connectivity index (χ1n) is 17.2. The number of aromatic nitrogens is 5. The summed E-state index contributed by atoms with van der Waals surface area (Å²) in [4.78, 5) is 26.3. The molecular formula is C39H40ClN9O3. The first-order chi connectivity index (χ1) is 25.4. The molecule has 0 spiro atoms. The number of carbonyl (C=O) groups is 1. The summed E-state index contributed by atoms with van der Waals surface area (Å²) in [6, 6.07) is 21.7. The molecule has 1 aliphatic rings. The molecule has 0 unspecified atom stereocenters. The summed E-state index contributed by atoms with van der Waals surface area (Å²) in [5.74, 6) is 1.98. The van der Waals surface area contributed by atoms with Gasteiger partial charge in [0.05, 0.1) is 19.2 Å². The van der Waals surface area contributed by atoms with Crippen molar-refractivity contribution in [1.82, 2.24) is 29.5 Å². The van der Waals surface area contributed by atoms with E-state index in [0.29, 0.717) is 63.7 Å². The van der Waals surface area contributed by atoms with Gasteiger partial charge < -0.3 is 29.9 Å². The number of nitrogens with one attached hydrogen (secondary N) is 2. The number of nitrogens with zero attached hydrogens (tertiary/aromatic N) is 7. The zero-order valence-electron chi connectivity index (χ0n) is 29.4. The van der Waals surface area contributed by atoms with Crippen molar-refractivity contribution in [3.63, 3.8) is 0 Å². The highest BCUT2D eigenvalue weighted by Gasteiger charge is 2.21. The summed E-state index contributed by atoms with van der Waals surface area (Å²) >= 11 is 6.90. The Bertz CT molecular complexity index is 2230.